The van der Waals surface area contributed by atoms with Crippen LogP contribution in [0.3, 0.4) is 0 Å². The zero-order chi connectivity index (χ0) is 27.8. The van der Waals surface area contributed by atoms with Gasteiger partial charge in [0.15, 0.2) is 29.8 Å². The Morgan fingerprint density at radius 1 is 1.21 bits per heavy atom. The van der Waals surface area contributed by atoms with Crippen molar-refractivity contribution in [1.82, 2.24) is 30.5 Å². The predicted octanol–water partition coefficient (Wildman–Crippen LogP) is 3.18. The van der Waals surface area contributed by atoms with Gasteiger partial charge in [0.1, 0.15) is 16.6 Å². The molecule has 204 valence electrons. The van der Waals surface area contributed by atoms with Crippen LogP contribution in [-0.4, -0.2) is 75.4 Å². The number of carbonyl (C=O) groups is 1. The minimum Gasteiger partial charge on any atom is -0.480 e. The highest BCUT2D eigenvalue weighted by Crippen LogP contribution is 2.42. The van der Waals surface area contributed by atoms with E-state index in [0.29, 0.717) is 11.2 Å². The van der Waals surface area contributed by atoms with Gasteiger partial charge in [0.05, 0.1) is 31.5 Å². The normalized spacial score (nSPS) is 15.9. The Labute approximate surface area is 214 Å². The fourth-order valence-electron chi connectivity index (χ4n) is 3.49. The number of nitrogens with one attached hydrogen (secondary N) is 1. The molecule has 4 heterocycles. The molecule has 2 amide bonds. The van der Waals surface area contributed by atoms with Crippen LogP contribution >= 0.6 is 11.6 Å². The van der Waals surface area contributed by atoms with E-state index in [9.17, 15) is 27.5 Å². The number of halogens is 6. The summed E-state index contributed by atoms with van der Waals surface area (Å²) in [5.41, 5.74) is 2.52. The molecule has 1 saturated heterocycles. The highest BCUT2D eigenvalue weighted by molar-refractivity contribution is 6.33. The van der Waals surface area contributed by atoms with Crippen LogP contribution in [0.25, 0.3) is 10.8 Å². The van der Waals surface area contributed by atoms with Gasteiger partial charge in [-0.2, -0.15) is 28.7 Å². The molecular weight excluding hydrogens is 549 g/mol. The second-order valence-electron chi connectivity index (χ2n) is 7.49. The van der Waals surface area contributed by atoms with E-state index in [-0.39, 0.29) is 12.4 Å². The van der Waals surface area contributed by atoms with Crippen molar-refractivity contribution in [2.75, 3.05) is 31.9 Å². The number of aliphatic hydroxyl groups is 1. The minimum atomic E-state index is -4.85. The number of hydrazine groups is 1. The number of nitrogens with zero attached hydrogens (tertiary/aromatic N) is 6. The standard InChI is InChI=1S/C20H17ClF5N7O5/c1-3-32-10(6-34)31-33(19(32)35)15-13(23)8-4-28-30-17(11(8)16(29-15)37-7-20(24,25)26)38-14-9(22)5-27-18(36-2)12(14)21/h4-5,10,31,34H,3,6-7H2,1-2H3. The molecule has 3 aromatic heterocycles. The molecule has 12 nitrogen and oxygen atoms in total. The van der Waals surface area contributed by atoms with Crippen molar-refractivity contribution in [1.29, 1.82) is 0 Å². The second-order valence-corrected chi connectivity index (χ2v) is 7.87. The zero-order valence-electron chi connectivity index (χ0n) is 19.4. The molecule has 0 aliphatic carbocycles. The third-order valence-electron chi connectivity index (χ3n) is 5.15. The van der Waals surface area contributed by atoms with Crippen LogP contribution in [0.4, 0.5) is 32.6 Å². The fraction of sp³-hybridized carbons (Fsp3) is 0.350. The summed E-state index contributed by atoms with van der Waals surface area (Å²) < 4.78 is 84.3. The van der Waals surface area contributed by atoms with Gasteiger partial charge < -0.3 is 24.2 Å². The number of fused-ring (bicyclic) bond motifs is 1. The molecule has 0 spiro atoms. The smallest absolute Gasteiger partial charge is 0.422 e. The van der Waals surface area contributed by atoms with Gasteiger partial charge in [0.25, 0.3) is 5.88 Å². The molecule has 0 saturated carbocycles. The Morgan fingerprint density at radius 2 is 1.95 bits per heavy atom. The van der Waals surface area contributed by atoms with Gasteiger partial charge in [-0.15, -0.1) is 5.10 Å². The summed E-state index contributed by atoms with van der Waals surface area (Å²) in [6.07, 6.45) is -4.31. The molecule has 0 aromatic carbocycles. The number of amides is 2. The van der Waals surface area contributed by atoms with E-state index in [1.54, 1.807) is 6.92 Å². The number of alkyl halides is 3. The van der Waals surface area contributed by atoms with E-state index >= 15 is 4.39 Å². The van der Waals surface area contributed by atoms with Gasteiger partial charge in [-0.3, -0.25) is 0 Å². The first-order valence-corrected chi connectivity index (χ1v) is 11.0. The van der Waals surface area contributed by atoms with Crippen molar-refractivity contribution in [3.63, 3.8) is 0 Å². The number of pyridine rings is 2. The Morgan fingerprint density at radius 3 is 2.55 bits per heavy atom. The van der Waals surface area contributed by atoms with Crippen molar-refractivity contribution in [3.8, 4) is 23.4 Å². The third-order valence-corrected chi connectivity index (χ3v) is 5.49. The number of aromatic nitrogens is 4. The number of rotatable bonds is 8. The molecule has 1 unspecified atom stereocenters. The third kappa shape index (κ3) is 4.99. The second kappa shape index (κ2) is 10.5. The van der Waals surface area contributed by atoms with Crippen LogP contribution in [-0.2, 0) is 0 Å². The number of hydrogen-bond donors (Lipinski definition) is 2. The van der Waals surface area contributed by atoms with E-state index in [4.69, 9.17) is 25.8 Å². The van der Waals surface area contributed by atoms with Gasteiger partial charge in [-0.1, -0.05) is 11.6 Å². The lowest BCUT2D eigenvalue weighted by atomic mass is 10.2. The van der Waals surface area contributed by atoms with Crippen molar-refractivity contribution < 1.29 is 46.1 Å². The van der Waals surface area contributed by atoms with Crippen LogP contribution in [0.5, 0.6) is 23.4 Å². The lowest BCUT2D eigenvalue weighted by Gasteiger charge is -2.19. The summed E-state index contributed by atoms with van der Waals surface area (Å²) in [6, 6.07) is -0.852. The molecule has 38 heavy (non-hydrogen) atoms. The summed E-state index contributed by atoms with van der Waals surface area (Å²) in [5.74, 6) is -5.70. The quantitative estimate of drug-likeness (QED) is 0.392. The van der Waals surface area contributed by atoms with Crippen LogP contribution in [0.15, 0.2) is 12.4 Å². The SMILES string of the molecule is CCN1C(=O)N(c2nc(OCC(F)(F)F)c3c(Oc4c(F)cnc(OC)c4Cl)nncc3c2F)NC1CO. The molecule has 1 fully saturated rings. The number of methoxy groups -OCH3 is 1. The van der Waals surface area contributed by atoms with Gasteiger partial charge >= 0.3 is 12.2 Å². The summed E-state index contributed by atoms with van der Waals surface area (Å²) in [6.45, 7) is -0.744. The molecule has 0 bridgehead atoms. The predicted molar refractivity (Wildman–Crippen MR) is 119 cm³/mol. The van der Waals surface area contributed by atoms with Crippen molar-refractivity contribution >= 4 is 34.2 Å². The molecule has 1 atom stereocenters. The molecule has 1 aliphatic heterocycles. The van der Waals surface area contributed by atoms with Crippen LogP contribution < -0.4 is 24.6 Å². The average molecular weight is 566 g/mol. The number of hydrogen-bond acceptors (Lipinski definition) is 10. The van der Waals surface area contributed by atoms with Gasteiger partial charge in [-0.05, 0) is 6.92 Å². The summed E-state index contributed by atoms with van der Waals surface area (Å²) in [5, 5.41) is 15.7. The van der Waals surface area contributed by atoms with Crippen molar-refractivity contribution in [2.45, 2.75) is 19.3 Å². The Hall–Kier alpha value is -3.83. The van der Waals surface area contributed by atoms with Gasteiger partial charge in [-0.25, -0.2) is 23.6 Å². The van der Waals surface area contributed by atoms with E-state index in [1.165, 1.54) is 7.11 Å². The number of anilines is 1. The van der Waals surface area contributed by atoms with E-state index < -0.39 is 82.3 Å². The lowest BCUT2D eigenvalue weighted by Crippen LogP contribution is -2.41. The largest absolute Gasteiger partial charge is 0.480 e. The number of likely N-dealkylation sites (N-methyl/N-ethyl adjacent to an activating group) is 1. The highest BCUT2D eigenvalue weighted by atomic mass is 35.5. The monoisotopic (exact) mass is 565 g/mol. The molecule has 4 rings (SSSR count). The lowest BCUT2D eigenvalue weighted by molar-refractivity contribution is -0.153. The maximum absolute atomic E-state index is 15.7. The number of ether oxygens (including phenoxy) is 3. The first kappa shape index (κ1) is 27.2. The van der Waals surface area contributed by atoms with Gasteiger partial charge in [0, 0.05) is 6.54 Å². The first-order chi connectivity index (χ1) is 18.0. The average Bonchev–Trinajstić information content (AvgIpc) is 3.20. The number of aliphatic hydroxyl groups excluding tert-OH is 1. The fourth-order valence-corrected chi connectivity index (χ4v) is 3.74. The van der Waals surface area contributed by atoms with E-state index in [2.05, 4.69) is 25.6 Å². The molecule has 0 radical (unpaired) electrons. The number of urea groups is 1. The Kier molecular flexibility index (Phi) is 7.52. The van der Waals surface area contributed by atoms with E-state index in [1.807, 2.05) is 0 Å². The van der Waals surface area contributed by atoms with Crippen LogP contribution in [0, 0.1) is 11.6 Å². The van der Waals surface area contributed by atoms with Crippen molar-refractivity contribution in [3.05, 3.63) is 29.1 Å². The van der Waals surface area contributed by atoms with Crippen LogP contribution in [0.2, 0.25) is 5.02 Å². The number of carbonyl (C=O) groups excluding carboxylic acids is 1. The Bertz CT molecular complexity index is 1380. The summed E-state index contributed by atoms with van der Waals surface area (Å²) >= 11 is 6.04. The maximum Gasteiger partial charge on any atom is 0.422 e. The molecular formula is C20H17ClF5N7O5. The molecule has 3 aromatic rings. The van der Waals surface area contributed by atoms with Crippen molar-refractivity contribution in [2.24, 2.45) is 0 Å². The minimum absolute atomic E-state index is 0.103. The topological polar surface area (TPSA) is 135 Å². The summed E-state index contributed by atoms with van der Waals surface area (Å²) in [7, 11) is 1.19. The molecule has 2 N–H and O–H groups in total. The summed E-state index contributed by atoms with van der Waals surface area (Å²) in [4.78, 5) is 21.3. The van der Waals surface area contributed by atoms with Crippen LogP contribution in [0.1, 0.15) is 6.92 Å². The van der Waals surface area contributed by atoms with E-state index in [0.717, 1.165) is 11.1 Å². The Balaban J connectivity index is 1.90. The highest BCUT2D eigenvalue weighted by Gasteiger charge is 2.40. The maximum atomic E-state index is 15.7. The molecule has 18 heteroatoms. The first-order valence-electron chi connectivity index (χ1n) is 10.6. The molecule has 1 aliphatic rings. The van der Waals surface area contributed by atoms with Gasteiger partial charge in [0.2, 0.25) is 11.8 Å². The zero-order valence-corrected chi connectivity index (χ0v) is 20.1.